The molecule has 98 valence electrons. The maximum atomic E-state index is 12.0. The predicted molar refractivity (Wildman–Crippen MR) is 71.7 cm³/mol. The number of hydrogen-bond donors (Lipinski definition) is 0. The molecule has 0 saturated carbocycles. The molecule has 1 aliphatic heterocycles. The van der Waals surface area contributed by atoms with Crippen molar-refractivity contribution in [3.05, 3.63) is 29.8 Å². The first-order chi connectivity index (χ1) is 8.54. The Morgan fingerprint density at radius 2 is 2.17 bits per heavy atom. The molecule has 3 nitrogen and oxygen atoms in total. The Morgan fingerprint density at radius 1 is 1.39 bits per heavy atom. The van der Waals surface area contributed by atoms with Crippen molar-refractivity contribution in [3.8, 4) is 5.75 Å². The van der Waals surface area contributed by atoms with E-state index < -0.39 is 0 Å². The number of carbonyl (C=O) groups excluding carboxylic acids is 1. The summed E-state index contributed by atoms with van der Waals surface area (Å²) >= 11 is 0. The molecule has 1 heterocycles. The standard InChI is InChI=1S/C15H21NO2/c1-15(2)14(17)8-5-9-16(15)11-12-6-4-7-13(10-12)18-3/h4,6-7,10H,5,8-9,11H2,1-3H3. The molecule has 3 heteroatoms. The molecular weight excluding hydrogens is 226 g/mol. The van der Waals surface area contributed by atoms with E-state index in [1.807, 2.05) is 32.0 Å². The van der Waals surface area contributed by atoms with Gasteiger partial charge in [0.05, 0.1) is 12.6 Å². The zero-order valence-corrected chi connectivity index (χ0v) is 11.4. The van der Waals surface area contributed by atoms with Crippen molar-refractivity contribution in [1.29, 1.82) is 0 Å². The van der Waals surface area contributed by atoms with Gasteiger partial charge in [-0.05, 0) is 44.5 Å². The first-order valence-electron chi connectivity index (χ1n) is 6.45. The maximum absolute atomic E-state index is 12.0. The number of benzene rings is 1. The third-order valence-corrected chi connectivity index (χ3v) is 3.81. The number of hydrogen-bond acceptors (Lipinski definition) is 3. The predicted octanol–water partition coefficient (Wildman–Crippen LogP) is 2.64. The van der Waals surface area contributed by atoms with Gasteiger partial charge in [-0.2, -0.15) is 0 Å². The van der Waals surface area contributed by atoms with Gasteiger partial charge in [0.1, 0.15) is 5.75 Å². The van der Waals surface area contributed by atoms with E-state index in [1.54, 1.807) is 7.11 Å². The van der Waals surface area contributed by atoms with Crippen LogP contribution < -0.4 is 4.74 Å². The number of rotatable bonds is 3. The van der Waals surface area contributed by atoms with Gasteiger partial charge < -0.3 is 4.74 Å². The van der Waals surface area contributed by atoms with Crippen LogP contribution in [0.15, 0.2) is 24.3 Å². The lowest BCUT2D eigenvalue weighted by molar-refractivity contribution is -0.133. The zero-order chi connectivity index (χ0) is 13.2. The maximum Gasteiger partial charge on any atom is 0.152 e. The molecule has 0 radical (unpaired) electrons. The molecule has 0 N–H and O–H groups in total. The number of ketones is 1. The van der Waals surface area contributed by atoms with Gasteiger partial charge in [0.25, 0.3) is 0 Å². The van der Waals surface area contributed by atoms with Crippen molar-refractivity contribution >= 4 is 5.78 Å². The van der Waals surface area contributed by atoms with Gasteiger partial charge in [0.15, 0.2) is 5.78 Å². The fourth-order valence-electron chi connectivity index (χ4n) is 2.46. The minimum atomic E-state index is -0.346. The van der Waals surface area contributed by atoms with E-state index in [0.29, 0.717) is 12.2 Å². The summed E-state index contributed by atoms with van der Waals surface area (Å²) in [7, 11) is 1.67. The number of methoxy groups -OCH3 is 1. The minimum absolute atomic E-state index is 0.344. The molecule has 0 unspecified atom stereocenters. The smallest absolute Gasteiger partial charge is 0.152 e. The van der Waals surface area contributed by atoms with Crippen LogP contribution in [0.1, 0.15) is 32.3 Å². The molecule has 1 aromatic carbocycles. The summed E-state index contributed by atoms with van der Waals surface area (Å²) in [5.74, 6) is 1.21. The third kappa shape index (κ3) is 2.56. The second kappa shape index (κ2) is 5.11. The highest BCUT2D eigenvalue weighted by Crippen LogP contribution is 2.26. The third-order valence-electron chi connectivity index (χ3n) is 3.81. The molecule has 0 amide bonds. The minimum Gasteiger partial charge on any atom is -0.497 e. The van der Waals surface area contributed by atoms with Crippen LogP contribution in [0.25, 0.3) is 0 Å². The van der Waals surface area contributed by atoms with Crippen LogP contribution in [0.2, 0.25) is 0 Å². The average Bonchev–Trinajstić information content (AvgIpc) is 2.36. The van der Waals surface area contributed by atoms with Crippen molar-refractivity contribution in [1.82, 2.24) is 4.90 Å². The molecule has 0 bridgehead atoms. The number of carbonyl (C=O) groups is 1. The highest BCUT2D eigenvalue weighted by Gasteiger charge is 2.36. The van der Waals surface area contributed by atoms with Gasteiger partial charge in [-0.3, -0.25) is 9.69 Å². The van der Waals surface area contributed by atoms with E-state index >= 15 is 0 Å². The van der Waals surface area contributed by atoms with Crippen LogP contribution in [0.5, 0.6) is 5.75 Å². The summed E-state index contributed by atoms with van der Waals surface area (Å²) in [6.45, 7) is 5.83. The van der Waals surface area contributed by atoms with E-state index in [-0.39, 0.29) is 5.54 Å². The topological polar surface area (TPSA) is 29.5 Å². The summed E-state index contributed by atoms with van der Waals surface area (Å²) in [5, 5.41) is 0. The number of ether oxygens (including phenoxy) is 1. The highest BCUT2D eigenvalue weighted by atomic mass is 16.5. The Hall–Kier alpha value is -1.35. The van der Waals surface area contributed by atoms with Crippen molar-refractivity contribution in [2.24, 2.45) is 0 Å². The molecule has 1 aliphatic rings. The first-order valence-corrected chi connectivity index (χ1v) is 6.45. The highest BCUT2D eigenvalue weighted by molar-refractivity contribution is 5.88. The van der Waals surface area contributed by atoms with Crippen molar-refractivity contribution in [2.75, 3.05) is 13.7 Å². The molecular formula is C15H21NO2. The molecule has 0 spiro atoms. The van der Waals surface area contributed by atoms with E-state index in [1.165, 1.54) is 5.56 Å². The fourth-order valence-corrected chi connectivity index (χ4v) is 2.46. The molecule has 0 atom stereocenters. The second-order valence-electron chi connectivity index (χ2n) is 5.36. The number of nitrogens with zero attached hydrogens (tertiary/aromatic N) is 1. The Morgan fingerprint density at radius 3 is 2.89 bits per heavy atom. The van der Waals surface area contributed by atoms with Crippen LogP contribution in [0, 0.1) is 0 Å². The summed E-state index contributed by atoms with van der Waals surface area (Å²) in [4.78, 5) is 14.2. The van der Waals surface area contributed by atoms with Crippen molar-refractivity contribution in [2.45, 2.75) is 38.8 Å². The molecule has 0 aromatic heterocycles. The molecule has 1 saturated heterocycles. The van der Waals surface area contributed by atoms with E-state index in [0.717, 1.165) is 25.3 Å². The fraction of sp³-hybridized carbons (Fsp3) is 0.533. The number of piperidine rings is 1. The molecule has 1 aromatic rings. The largest absolute Gasteiger partial charge is 0.497 e. The second-order valence-corrected chi connectivity index (χ2v) is 5.36. The van der Waals surface area contributed by atoms with Gasteiger partial charge in [0, 0.05) is 13.0 Å². The Balaban J connectivity index is 2.14. The van der Waals surface area contributed by atoms with Gasteiger partial charge in [0.2, 0.25) is 0 Å². The molecule has 2 rings (SSSR count). The van der Waals surface area contributed by atoms with Gasteiger partial charge >= 0.3 is 0 Å². The van der Waals surface area contributed by atoms with Crippen LogP contribution in [-0.2, 0) is 11.3 Å². The van der Waals surface area contributed by atoms with Gasteiger partial charge in [-0.25, -0.2) is 0 Å². The number of Topliss-reactive ketones (excluding diaryl/α,β-unsaturated/α-hetero) is 1. The normalized spacial score (nSPS) is 19.8. The SMILES string of the molecule is COc1cccc(CN2CCCC(=O)C2(C)C)c1. The Labute approximate surface area is 109 Å². The molecule has 18 heavy (non-hydrogen) atoms. The van der Waals surface area contributed by atoms with Gasteiger partial charge in [-0.1, -0.05) is 12.1 Å². The summed E-state index contributed by atoms with van der Waals surface area (Å²) in [6, 6.07) is 8.05. The lowest BCUT2D eigenvalue weighted by Crippen LogP contribution is -2.53. The summed E-state index contributed by atoms with van der Waals surface area (Å²) in [5.41, 5.74) is 0.846. The monoisotopic (exact) mass is 247 g/mol. The quantitative estimate of drug-likeness (QED) is 0.822. The van der Waals surface area contributed by atoms with Crippen LogP contribution in [0.3, 0.4) is 0 Å². The van der Waals surface area contributed by atoms with Crippen molar-refractivity contribution in [3.63, 3.8) is 0 Å². The molecule has 1 fully saturated rings. The van der Waals surface area contributed by atoms with Gasteiger partial charge in [-0.15, -0.1) is 0 Å². The first kappa shape index (κ1) is 13.1. The zero-order valence-electron chi connectivity index (χ0n) is 11.4. The van der Waals surface area contributed by atoms with E-state index in [9.17, 15) is 4.79 Å². The lowest BCUT2D eigenvalue weighted by Gasteiger charge is -2.41. The van der Waals surface area contributed by atoms with Crippen molar-refractivity contribution < 1.29 is 9.53 Å². The van der Waals surface area contributed by atoms with Crippen LogP contribution in [0.4, 0.5) is 0 Å². The lowest BCUT2D eigenvalue weighted by atomic mass is 9.88. The molecule has 0 aliphatic carbocycles. The van der Waals surface area contributed by atoms with Crippen LogP contribution >= 0.6 is 0 Å². The number of likely N-dealkylation sites (tertiary alicyclic amines) is 1. The van der Waals surface area contributed by atoms with E-state index in [4.69, 9.17) is 4.74 Å². The van der Waals surface area contributed by atoms with Crippen LogP contribution in [-0.4, -0.2) is 29.9 Å². The Kier molecular flexibility index (Phi) is 3.71. The summed E-state index contributed by atoms with van der Waals surface area (Å²) < 4.78 is 5.23. The van der Waals surface area contributed by atoms with E-state index in [2.05, 4.69) is 11.0 Å². The Bertz CT molecular complexity index is 440. The average molecular weight is 247 g/mol. The summed E-state index contributed by atoms with van der Waals surface area (Å²) in [6.07, 6.45) is 1.67.